The minimum absolute atomic E-state index is 0.00115. The highest BCUT2D eigenvalue weighted by molar-refractivity contribution is 5.75. The Morgan fingerprint density at radius 1 is 1.26 bits per heavy atom. The molecule has 1 amide bonds. The summed E-state index contributed by atoms with van der Waals surface area (Å²) in [6.07, 6.45) is 1.74. The molecule has 23 heavy (non-hydrogen) atoms. The maximum atomic E-state index is 12.9. The van der Waals surface area contributed by atoms with Gasteiger partial charge >= 0.3 is 0 Å². The van der Waals surface area contributed by atoms with Gasteiger partial charge in [-0.2, -0.15) is 0 Å². The molecule has 0 aliphatic rings. The van der Waals surface area contributed by atoms with Crippen LogP contribution in [0.2, 0.25) is 0 Å². The number of aryl methyl sites for hydroxylation is 1. The molecule has 0 bridgehead atoms. The van der Waals surface area contributed by atoms with E-state index in [4.69, 9.17) is 0 Å². The van der Waals surface area contributed by atoms with E-state index in [2.05, 4.69) is 5.32 Å². The zero-order chi connectivity index (χ0) is 16.9. The smallest absolute Gasteiger partial charge is 0.250 e. The Labute approximate surface area is 133 Å². The standard InChI is InChI=1S/C17H19FN2O3/c1-17(23,13-5-7-14(18)8-6-13)12-19-15(21)9-11-20-10-3-2-4-16(20)22/h2-8,10,23H,9,11-12H2,1H3,(H,19,21). The molecular weight excluding hydrogens is 299 g/mol. The minimum atomic E-state index is -1.30. The molecule has 0 saturated heterocycles. The summed E-state index contributed by atoms with van der Waals surface area (Å²) >= 11 is 0. The van der Waals surface area contributed by atoms with Crippen LogP contribution in [0.4, 0.5) is 4.39 Å². The molecule has 1 aromatic carbocycles. The summed E-state index contributed by atoms with van der Waals surface area (Å²) in [5.74, 6) is -0.662. The van der Waals surface area contributed by atoms with Gasteiger partial charge in [0.1, 0.15) is 11.4 Å². The highest BCUT2D eigenvalue weighted by atomic mass is 19.1. The van der Waals surface area contributed by atoms with Crippen LogP contribution in [0.25, 0.3) is 0 Å². The Morgan fingerprint density at radius 3 is 2.61 bits per heavy atom. The molecule has 1 heterocycles. The van der Waals surface area contributed by atoms with E-state index < -0.39 is 5.60 Å². The van der Waals surface area contributed by atoms with Gasteiger partial charge in [0.25, 0.3) is 5.56 Å². The van der Waals surface area contributed by atoms with Gasteiger partial charge in [-0.25, -0.2) is 4.39 Å². The van der Waals surface area contributed by atoms with E-state index in [9.17, 15) is 19.1 Å². The molecule has 0 aliphatic carbocycles. The summed E-state index contributed by atoms with van der Waals surface area (Å²) < 4.78 is 14.3. The van der Waals surface area contributed by atoms with Crippen LogP contribution in [-0.4, -0.2) is 22.1 Å². The molecule has 6 heteroatoms. The first kappa shape index (κ1) is 16.9. The van der Waals surface area contributed by atoms with Crippen molar-refractivity contribution in [1.82, 2.24) is 9.88 Å². The van der Waals surface area contributed by atoms with Crippen molar-refractivity contribution >= 4 is 5.91 Å². The number of nitrogens with zero attached hydrogens (tertiary/aromatic N) is 1. The lowest BCUT2D eigenvalue weighted by Crippen LogP contribution is -2.39. The summed E-state index contributed by atoms with van der Waals surface area (Å²) in [5, 5.41) is 13.0. The lowest BCUT2D eigenvalue weighted by molar-refractivity contribution is -0.122. The Morgan fingerprint density at radius 2 is 1.96 bits per heavy atom. The molecular formula is C17H19FN2O3. The largest absolute Gasteiger partial charge is 0.384 e. The highest BCUT2D eigenvalue weighted by Crippen LogP contribution is 2.19. The fraction of sp³-hybridized carbons (Fsp3) is 0.294. The zero-order valence-corrected chi connectivity index (χ0v) is 12.8. The summed E-state index contributed by atoms with van der Waals surface area (Å²) in [6.45, 7) is 1.81. The Kier molecular flexibility index (Phi) is 5.28. The van der Waals surface area contributed by atoms with Gasteiger partial charge < -0.3 is 15.0 Å². The molecule has 0 fully saturated rings. The SMILES string of the molecule is CC(O)(CNC(=O)CCn1ccccc1=O)c1ccc(F)cc1. The fourth-order valence-corrected chi connectivity index (χ4v) is 2.14. The summed E-state index contributed by atoms with van der Waals surface area (Å²) in [4.78, 5) is 23.4. The molecule has 0 aliphatic heterocycles. The summed E-state index contributed by atoms with van der Waals surface area (Å²) in [7, 11) is 0. The van der Waals surface area contributed by atoms with E-state index in [0.29, 0.717) is 5.56 Å². The number of amides is 1. The molecule has 2 rings (SSSR count). The van der Waals surface area contributed by atoms with E-state index in [1.165, 1.54) is 34.9 Å². The van der Waals surface area contributed by atoms with Crippen LogP contribution in [0.15, 0.2) is 53.5 Å². The Balaban J connectivity index is 1.87. The second-order valence-electron chi connectivity index (χ2n) is 5.54. The maximum absolute atomic E-state index is 12.9. The zero-order valence-electron chi connectivity index (χ0n) is 12.8. The van der Waals surface area contributed by atoms with Crippen LogP contribution in [0.3, 0.4) is 0 Å². The molecule has 5 nitrogen and oxygen atoms in total. The molecule has 0 spiro atoms. The molecule has 1 atom stereocenters. The number of hydrogen-bond acceptors (Lipinski definition) is 3. The molecule has 122 valence electrons. The number of aromatic nitrogens is 1. The van der Waals surface area contributed by atoms with E-state index in [1.54, 1.807) is 25.3 Å². The van der Waals surface area contributed by atoms with Gasteiger partial charge in [-0.1, -0.05) is 18.2 Å². The topological polar surface area (TPSA) is 71.3 Å². The number of rotatable bonds is 6. The average Bonchev–Trinajstić information content (AvgIpc) is 2.53. The van der Waals surface area contributed by atoms with E-state index in [1.807, 2.05) is 0 Å². The van der Waals surface area contributed by atoms with Crippen LogP contribution < -0.4 is 10.9 Å². The van der Waals surface area contributed by atoms with Crippen LogP contribution in [0.5, 0.6) is 0 Å². The van der Waals surface area contributed by atoms with Gasteiger partial charge in [0.05, 0.1) is 6.54 Å². The van der Waals surface area contributed by atoms with Crippen LogP contribution in [0.1, 0.15) is 18.9 Å². The minimum Gasteiger partial charge on any atom is -0.384 e. The maximum Gasteiger partial charge on any atom is 0.250 e. The molecule has 0 radical (unpaired) electrons. The molecule has 0 saturated carbocycles. The number of carbonyl (C=O) groups is 1. The number of hydrogen-bond donors (Lipinski definition) is 2. The summed E-state index contributed by atoms with van der Waals surface area (Å²) in [6, 6.07) is 10.3. The van der Waals surface area contributed by atoms with E-state index in [0.717, 1.165) is 0 Å². The van der Waals surface area contributed by atoms with Crippen molar-refractivity contribution in [3.63, 3.8) is 0 Å². The number of carbonyl (C=O) groups excluding carboxylic acids is 1. The van der Waals surface area contributed by atoms with Gasteiger partial charge in [0.15, 0.2) is 0 Å². The molecule has 1 unspecified atom stereocenters. The van der Waals surface area contributed by atoms with Crippen molar-refractivity contribution in [3.05, 3.63) is 70.4 Å². The predicted octanol–water partition coefficient (Wildman–Crippen LogP) is 1.40. The van der Waals surface area contributed by atoms with Crippen molar-refractivity contribution in [2.75, 3.05) is 6.54 Å². The van der Waals surface area contributed by atoms with E-state index in [-0.39, 0.29) is 36.8 Å². The quantitative estimate of drug-likeness (QED) is 0.846. The molecule has 2 N–H and O–H groups in total. The van der Waals surface area contributed by atoms with Gasteiger partial charge in [-0.3, -0.25) is 9.59 Å². The third-order valence-electron chi connectivity index (χ3n) is 3.57. The predicted molar refractivity (Wildman–Crippen MR) is 84.3 cm³/mol. The van der Waals surface area contributed by atoms with Crippen molar-refractivity contribution in [2.24, 2.45) is 0 Å². The monoisotopic (exact) mass is 318 g/mol. The van der Waals surface area contributed by atoms with Gasteiger partial charge in [-0.15, -0.1) is 0 Å². The third kappa shape index (κ3) is 4.75. The van der Waals surface area contributed by atoms with Crippen LogP contribution >= 0.6 is 0 Å². The van der Waals surface area contributed by atoms with Gasteiger partial charge in [0.2, 0.25) is 5.91 Å². The van der Waals surface area contributed by atoms with Crippen LogP contribution in [-0.2, 0) is 16.9 Å². The Bertz CT molecular complexity index is 723. The number of aliphatic hydroxyl groups is 1. The van der Waals surface area contributed by atoms with Crippen molar-refractivity contribution in [1.29, 1.82) is 0 Å². The normalized spacial score (nSPS) is 13.3. The van der Waals surface area contributed by atoms with E-state index >= 15 is 0 Å². The first-order chi connectivity index (χ1) is 10.9. The molecule has 2 aromatic rings. The number of pyridine rings is 1. The number of benzene rings is 1. The second kappa shape index (κ2) is 7.19. The lowest BCUT2D eigenvalue weighted by Gasteiger charge is -2.24. The van der Waals surface area contributed by atoms with Crippen molar-refractivity contribution in [3.8, 4) is 0 Å². The Hall–Kier alpha value is -2.47. The highest BCUT2D eigenvalue weighted by Gasteiger charge is 2.23. The summed E-state index contributed by atoms with van der Waals surface area (Å²) in [5.41, 5.74) is -0.954. The van der Waals surface area contributed by atoms with Gasteiger partial charge in [-0.05, 0) is 30.7 Å². The average molecular weight is 318 g/mol. The first-order valence-corrected chi connectivity index (χ1v) is 7.29. The fourth-order valence-electron chi connectivity index (χ4n) is 2.14. The lowest BCUT2D eigenvalue weighted by atomic mass is 9.96. The third-order valence-corrected chi connectivity index (χ3v) is 3.57. The second-order valence-corrected chi connectivity index (χ2v) is 5.54. The van der Waals surface area contributed by atoms with Crippen molar-refractivity contribution < 1.29 is 14.3 Å². The van der Waals surface area contributed by atoms with Crippen LogP contribution in [0, 0.1) is 5.82 Å². The number of nitrogens with one attached hydrogen (secondary N) is 1. The molecule has 1 aromatic heterocycles. The van der Waals surface area contributed by atoms with Crippen molar-refractivity contribution in [2.45, 2.75) is 25.5 Å². The number of halogens is 1. The first-order valence-electron chi connectivity index (χ1n) is 7.29. The van der Waals surface area contributed by atoms with Gasteiger partial charge in [0, 0.05) is 25.2 Å².